The average molecular weight is 449 g/mol. The maximum atomic E-state index is 11.4. The van der Waals surface area contributed by atoms with E-state index in [4.69, 9.17) is 16.3 Å². The van der Waals surface area contributed by atoms with Gasteiger partial charge in [-0.2, -0.15) is 5.26 Å². The molecular weight excluding hydrogens is 430 g/mol. The number of hydrogen-bond acceptors (Lipinski definition) is 4. The highest BCUT2D eigenvalue weighted by Gasteiger charge is 2.38. The highest BCUT2D eigenvalue weighted by Crippen LogP contribution is 2.39. The predicted octanol–water partition coefficient (Wildman–Crippen LogP) is 4.99. The molecule has 4 nitrogen and oxygen atoms in total. The molecule has 1 atom stereocenters. The Bertz CT molecular complexity index is 909. The zero-order valence-corrected chi connectivity index (χ0v) is 17.3. The molecule has 3 rings (SSSR count). The Labute approximate surface area is 172 Å². The molecule has 0 amide bonds. The van der Waals surface area contributed by atoms with E-state index >= 15 is 0 Å². The summed E-state index contributed by atoms with van der Waals surface area (Å²) in [4.78, 5) is 11.4. The molecule has 0 spiro atoms. The first-order valence-electron chi connectivity index (χ1n) is 8.65. The number of halogens is 2. The van der Waals surface area contributed by atoms with Gasteiger partial charge in [0.25, 0.3) is 0 Å². The smallest absolute Gasteiger partial charge is 0.309 e. The summed E-state index contributed by atoms with van der Waals surface area (Å²) in [7, 11) is 1.37. The fourth-order valence-corrected chi connectivity index (χ4v) is 4.15. The Balaban J connectivity index is 1.81. The van der Waals surface area contributed by atoms with E-state index in [2.05, 4.69) is 26.7 Å². The van der Waals surface area contributed by atoms with Gasteiger partial charge >= 0.3 is 5.97 Å². The van der Waals surface area contributed by atoms with Crippen LogP contribution in [-0.4, -0.2) is 19.7 Å². The number of esters is 1. The van der Waals surface area contributed by atoms with Crippen LogP contribution < -0.4 is 4.74 Å². The lowest BCUT2D eigenvalue weighted by Gasteiger charge is -2.33. The molecule has 0 aliphatic heterocycles. The summed E-state index contributed by atoms with van der Waals surface area (Å²) in [5.74, 6) is 0.335. The van der Waals surface area contributed by atoms with Crippen molar-refractivity contribution in [3.63, 3.8) is 0 Å². The molecule has 0 unspecified atom stereocenters. The average Bonchev–Trinajstić information content (AvgIpc) is 2.67. The Morgan fingerprint density at radius 3 is 2.85 bits per heavy atom. The Morgan fingerprint density at radius 2 is 2.15 bits per heavy atom. The summed E-state index contributed by atoms with van der Waals surface area (Å²) in [5, 5.41) is 10.6. The number of methoxy groups -OCH3 is 1. The van der Waals surface area contributed by atoms with Crippen molar-refractivity contribution in [2.24, 2.45) is 0 Å². The van der Waals surface area contributed by atoms with Gasteiger partial charge in [-0.3, -0.25) is 4.79 Å². The van der Waals surface area contributed by atoms with Gasteiger partial charge in [0, 0.05) is 5.02 Å². The molecule has 0 radical (unpaired) electrons. The normalized spacial score (nSPS) is 18.3. The highest BCUT2D eigenvalue weighted by molar-refractivity contribution is 9.10. The number of aryl methyl sites for hydroxylation is 1. The van der Waals surface area contributed by atoms with Crippen molar-refractivity contribution < 1.29 is 14.3 Å². The van der Waals surface area contributed by atoms with E-state index in [1.165, 1.54) is 7.11 Å². The standard InChI is InChI=1S/C21H19BrClNO3/c1-26-20(25)10-14-4-7-19(18(22)9-14)27-13-21(12-24)8-2-3-15-5-6-16(23)11-17(15)21/h4-7,9,11H,2-3,8,10,13H2,1H3/t21-/m0/s1. The molecule has 1 aliphatic carbocycles. The number of nitrogens with zero attached hydrogens (tertiary/aromatic N) is 1. The van der Waals surface area contributed by atoms with E-state index < -0.39 is 5.41 Å². The van der Waals surface area contributed by atoms with E-state index in [1.807, 2.05) is 30.3 Å². The molecule has 2 aromatic rings. The van der Waals surface area contributed by atoms with E-state index in [9.17, 15) is 10.1 Å². The summed E-state index contributed by atoms with van der Waals surface area (Å²) >= 11 is 9.66. The zero-order chi connectivity index (χ0) is 19.4. The first-order chi connectivity index (χ1) is 13.0. The van der Waals surface area contributed by atoms with Crippen molar-refractivity contribution in [3.8, 4) is 11.8 Å². The SMILES string of the molecule is COC(=O)Cc1ccc(OC[C@@]2(C#N)CCCc3ccc(Cl)cc32)c(Br)c1. The molecule has 0 bridgehead atoms. The summed E-state index contributed by atoms with van der Waals surface area (Å²) in [6.07, 6.45) is 2.81. The minimum Gasteiger partial charge on any atom is -0.490 e. The van der Waals surface area contributed by atoms with Crippen LogP contribution in [0.25, 0.3) is 0 Å². The van der Waals surface area contributed by atoms with Crippen molar-refractivity contribution in [2.75, 3.05) is 13.7 Å². The first kappa shape index (κ1) is 19.7. The number of ether oxygens (including phenoxy) is 2. The van der Waals surface area contributed by atoms with Crippen LogP contribution in [0.2, 0.25) is 5.02 Å². The fraction of sp³-hybridized carbons (Fsp3) is 0.333. The maximum absolute atomic E-state index is 11.4. The number of nitriles is 1. The Morgan fingerprint density at radius 1 is 1.33 bits per heavy atom. The minimum absolute atomic E-state index is 0.198. The minimum atomic E-state index is -0.720. The number of hydrogen-bond donors (Lipinski definition) is 0. The number of fused-ring (bicyclic) bond motifs is 1. The Hall–Kier alpha value is -2.03. The lowest BCUT2D eigenvalue weighted by atomic mass is 9.71. The second-order valence-corrected chi connectivity index (χ2v) is 7.95. The molecule has 2 aromatic carbocycles. The monoisotopic (exact) mass is 447 g/mol. The quantitative estimate of drug-likeness (QED) is 0.604. The van der Waals surface area contributed by atoms with Crippen molar-refractivity contribution in [3.05, 3.63) is 62.6 Å². The lowest BCUT2D eigenvalue weighted by molar-refractivity contribution is -0.139. The molecule has 1 aliphatic rings. The first-order valence-corrected chi connectivity index (χ1v) is 9.83. The largest absolute Gasteiger partial charge is 0.490 e. The summed E-state index contributed by atoms with van der Waals surface area (Å²) in [6.45, 7) is 0.242. The molecule has 0 heterocycles. The summed E-state index contributed by atoms with van der Waals surface area (Å²) < 4.78 is 11.4. The van der Waals surface area contributed by atoms with Gasteiger partial charge in [0.05, 0.1) is 24.1 Å². The van der Waals surface area contributed by atoms with Crippen molar-refractivity contribution in [2.45, 2.75) is 31.1 Å². The molecule has 0 aromatic heterocycles. The van der Waals surface area contributed by atoms with E-state index in [0.29, 0.717) is 10.8 Å². The van der Waals surface area contributed by atoms with Crippen LogP contribution in [-0.2, 0) is 27.8 Å². The lowest BCUT2D eigenvalue weighted by Crippen LogP contribution is -2.35. The maximum Gasteiger partial charge on any atom is 0.309 e. The van der Waals surface area contributed by atoms with E-state index in [1.54, 1.807) is 6.07 Å². The van der Waals surface area contributed by atoms with E-state index in [0.717, 1.165) is 40.4 Å². The van der Waals surface area contributed by atoms with Crippen molar-refractivity contribution in [1.29, 1.82) is 5.26 Å². The third kappa shape index (κ3) is 4.28. The van der Waals surface area contributed by atoms with Crippen LogP contribution in [0, 0.1) is 11.3 Å². The van der Waals surface area contributed by atoms with Crippen LogP contribution in [0.15, 0.2) is 40.9 Å². The van der Waals surface area contributed by atoms with Crippen LogP contribution in [0.3, 0.4) is 0 Å². The number of carbonyl (C=O) groups is 1. The summed E-state index contributed by atoms with van der Waals surface area (Å²) in [5.41, 5.74) is 2.22. The van der Waals surface area contributed by atoms with Gasteiger partial charge in [0.2, 0.25) is 0 Å². The van der Waals surface area contributed by atoms with E-state index in [-0.39, 0.29) is 19.0 Å². The molecule has 140 valence electrons. The van der Waals surface area contributed by atoms with Crippen LogP contribution in [0.1, 0.15) is 29.5 Å². The van der Waals surface area contributed by atoms with Gasteiger partial charge in [-0.05, 0) is 76.1 Å². The van der Waals surface area contributed by atoms with Crippen LogP contribution >= 0.6 is 27.5 Å². The fourth-order valence-electron chi connectivity index (χ4n) is 3.44. The van der Waals surface area contributed by atoms with Gasteiger partial charge in [0.15, 0.2) is 0 Å². The predicted molar refractivity (Wildman–Crippen MR) is 107 cm³/mol. The summed E-state index contributed by atoms with van der Waals surface area (Å²) in [6, 6.07) is 13.7. The van der Waals surface area contributed by atoms with Gasteiger partial charge in [-0.25, -0.2) is 0 Å². The molecule has 0 saturated heterocycles. The third-order valence-corrected chi connectivity index (χ3v) is 5.75. The second kappa shape index (κ2) is 8.33. The molecule has 0 fully saturated rings. The van der Waals surface area contributed by atoms with Crippen molar-refractivity contribution >= 4 is 33.5 Å². The van der Waals surface area contributed by atoms with Gasteiger partial charge < -0.3 is 9.47 Å². The molecule has 0 saturated carbocycles. The van der Waals surface area contributed by atoms with Gasteiger partial charge in [-0.1, -0.05) is 23.7 Å². The zero-order valence-electron chi connectivity index (χ0n) is 14.9. The van der Waals surface area contributed by atoms with Gasteiger partial charge in [0.1, 0.15) is 17.8 Å². The van der Waals surface area contributed by atoms with Crippen molar-refractivity contribution in [1.82, 2.24) is 0 Å². The topological polar surface area (TPSA) is 59.3 Å². The Kier molecular flexibility index (Phi) is 6.08. The second-order valence-electron chi connectivity index (χ2n) is 6.66. The molecule has 27 heavy (non-hydrogen) atoms. The van der Waals surface area contributed by atoms with Crippen LogP contribution in [0.5, 0.6) is 5.75 Å². The van der Waals surface area contributed by atoms with Gasteiger partial charge in [-0.15, -0.1) is 0 Å². The molecule has 0 N–H and O–H groups in total. The van der Waals surface area contributed by atoms with Crippen LogP contribution in [0.4, 0.5) is 0 Å². The highest BCUT2D eigenvalue weighted by atomic mass is 79.9. The number of benzene rings is 2. The molecule has 6 heteroatoms. The number of carbonyl (C=O) groups excluding carboxylic acids is 1. The molecular formula is C21H19BrClNO3. The third-order valence-electron chi connectivity index (χ3n) is 4.90. The number of rotatable bonds is 5.